The highest BCUT2D eigenvalue weighted by Gasteiger charge is 2.20. The van der Waals surface area contributed by atoms with Crippen LogP contribution in [-0.2, 0) is 4.79 Å². The van der Waals surface area contributed by atoms with Crippen LogP contribution in [-0.4, -0.2) is 36.2 Å². The fraction of sp³-hybridized carbons (Fsp3) is 0.231. The maximum absolute atomic E-state index is 11.2. The van der Waals surface area contributed by atoms with E-state index in [4.69, 9.17) is 9.47 Å². The Kier molecular flexibility index (Phi) is 3.51. The summed E-state index contributed by atoms with van der Waals surface area (Å²) in [7, 11) is 2.96. The normalized spacial score (nSPS) is 10.3. The van der Waals surface area contributed by atoms with Gasteiger partial charge >= 0.3 is 5.97 Å². The van der Waals surface area contributed by atoms with Crippen molar-refractivity contribution in [3.05, 3.63) is 17.8 Å². The lowest BCUT2D eigenvalue weighted by Gasteiger charge is -2.08. The minimum atomic E-state index is -1.16. The smallest absolute Gasteiger partial charge is 0.354 e. The first-order valence-electron chi connectivity index (χ1n) is 5.76. The first kappa shape index (κ1) is 13.7. The Morgan fingerprint density at radius 2 is 1.80 bits per heavy atom. The number of hydrogen-bond donors (Lipinski definition) is 3. The summed E-state index contributed by atoms with van der Waals surface area (Å²) in [5.74, 6) is -0.610. The van der Waals surface area contributed by atoms with Gasteiger partial charge in [-0.2, -0.15) is 0 Å². The third kappa shape index (κ3) is 2.25. The van der Waals surface area contributed by atoms with Crippen molar-refractivity contribution in [3.8, 4) is 11.5 Å². The molecular formula is C13H14N2O5. The number of fused-ring (bicyclic) bond motifs is 1. The van der Waals surface area contributed by atoms with Crippen LogP contribution < -0.4 is 14.8 Å². The number of nitrogens with one attached hydrogen (secondary N) is 2. The summed E-state index contributed by atoms with van der Waals surface area (Å²) < 4.78 is 10.3. The van der Waals surface area contributed by atoms with Crippen molar-refractivity contribution >= 4 is 28.5 Å². The molecule has 1 heterocycles. The number of carbonyl (C=O) groups is 2. The number of anilines is 1. The number of hydrogen-bond acceptors (Lipinski definition) is 4. The number of carbonyl (C=O) groups excluding carboxylic acids is 1. The monoisotopic (exact) mass is 278 g/mol. The van der Waals surface area contributed by atoms with Crippen LogP contribution in [0.2, 0.25) is 0 Å². The molecule has 0 aliphatic rings. The van der Waals surface area contributed by atoms with Gasteiger partial charge in [0.1, 0.15) is 5.69 Å². The van der Waals surface area contributed by atoms with Crippen molar-refractivity contribution in [2.75, 3.05) is 19.5 Å². The van der Waals surface area contributed by atoms with Crippen LogP contribution in [0.3, 0.4) is 0 Å². The molecule has 0 aliphatic carbocycles. The minimum absolute atomic E-state index is 0.0921. The topological polar surface area (TPSA) is 101 Å². The van der Waals surface area contributed by atoms with E-state index in [-0.39, 0.29) is 17.3 Å². The molecule has 0 saturated carbocycles. The van der Waals surface area contributed by atoms with Crippen LogP contribution in [0, 0.1) is 0 Å². The molecule has 0 aliphatic heterocycles. The Hall–Kier alpha value is -2.70. The van der Waals surface area contributed by atoms with Gasteiger partial charge in [-0.15, -0.1) is 0 Å². The van der Waals surface area contributed by atoms with Gasteiger partial charge in [0.25, 0.3) is 0 Å². The summed E-state index contributed by atoms with van der Waals surface area (Å²) in [6, 6.07) is 3.23. The summed E-state index contributed by atoms with van der Waals surface area (Å²) in [6.07, 6.45) is 0. The molecule has 3 N–H and O–H groups in total. The van der Waals surface area contributed by atoms with Crippen LogP contribution in [0.1, 0.15) is 17.4 Å². The molecule has 0 radical (unpaired) electrons. The fourth-order valence-corrected chi connectivity index (χ4v) is 1.99. The van der Waals surface area contributed by atoms with E-state index in [0.717, 1.165) is 0 Å². The largest absolute Gasteiger partial charge is 0.493 e. The average Bonchev–Trinajstić information content (AvgIpc) is 2.74. The maximum Gasteiger partial charge on any atom is 0.354 e. The zero-order valence-electron chi connectivity index (χ0n) is 11.2. The number of rotatable bonds is 4. The summed E-state index contributed by atoms with van der Waals surface area (Å²) in [6.45, 7) is 1.31. The van der Waals surface area contributed by atoms with Crippen molar-refractivity contribution in [1.29, 1.82) is 0 Å². The SMILES string of the molecule is COc1cc2[nH]c(C(=O)O)c(NC(C)=O)c2cc1OC. The Morgan fingerprint density at radius 1 is 1.20 bits per heavy atom. The molecule has 20 heavy (non-hydrogen) atoms. The average molecular weight is 278 g/mol. The Labute approximate surface area is 114 Å². The number of ether oxygens (including phenoxy) is 2. The number of carboxylic acid groups (broad SMARTS) is 1. The van der Waals surface area contributed by atoms with Gasteiger partial charge in [-0.3, -0.25) is 4.79 Å². The first-order chi connectivity index (χ1) is 9.47. The number of aromatic carboxylic acids is 1. The Morgan fingerprint density at radius 3 is 2.30 bits per heavy atom. The van der Waals surface area contributed by atoms with E-state index in [1.165, 1.54) is 21.1 Å². The van der Waals surface area contributed by atoms with Gasteiger partial charge in [-0.25, -0.2) is 4.79 Å². The lowest BCUT2D eigenvalue weighted by atomic mass is 10.2. The predicted octanol–water partition coefficient (Wildman–Crippen LogP) is 1.84. The lowest BCUT2D eigenvalue weighted by Crippen LogP contribution is -2.09. The summed E-state index contributed by atoms with van der Waals surface area (Å²) in [4.78, 5) is 25.2. The molecule has 1 aromatic heterocycles. The van der Waals surface area contributed by atoms with Crippen molar-refractivity contribution < 1.29 is 24.2 Å². The summed E-state index contributed by atoms with van der Waals surface area (Å²) >= 11 is 0. The fourth-order valence-electron chi connectivity index (χ4n) is 1.99. The van der Waals surface area contributed by atoms with Crippen LogP contribution in [0.15, 0.2) is 12.1 Å². The molecule has 2 aromatic rings. The van der Waals surface area contributed by atoms with Crippen LogP contribution >= 0.6 is 0 Å². The maximum atomic E-state index is 11.2. The Bertz CT molecular complexity index is 690. The molecular weight excluding hydrogens is 264 g/mol. The lowest BCUT2D eigenvalue weighted by molar-refractivity contribution is -0.114. The molecule has 0 spiro atoms. The van der Waals surface area contributed by atoms with E-state index >= 15 is 0 Å². The number of amides is 1. The third-order valence-corrected chi connectivity index (χ3v) is 2.82. The number of methoxy groups -OCH3 is 2. The van der Waals surface area contributed by atoms with E-state index < -0.39 is 5.97 Å². The number of benzene rings is 1. The second kappa shape index (κ2) is 5.12. The predicted molar refractivity (Wildman–Crippen MR) is 72.7 cm³/mol. The van der Waals surface area contributed by atoms with Gasteiger partial charge in [0.05, 0.1) is 25.4 Å². The van der Waals surface area contributed by atoms with E-state index in [9.17, 15) is 14.7 Å². The van der Waals surface area contributed by atoms with Crippen molar-refractivity contribution in [2.24, 2.45) is 0 Å². The van der Waals surface area contributed by atoms with Crippen LogP contribution in [0.25, 0.3) is 10.9 Å². The van der Waals surface area contributed by atoms with Crippen LogP contribution in [0.5, 0.6) is 11.5 Å². The molecule has 0 fully saturated rings. The quantitative estimate of drug-likeness (QED) is 0.792. The molecule has 1 amide bonds. The van der Waals surface area contributed by atoms with Crippen LogP contribution in [0.4, 0.5) is 5.69 Å². The number of aromatic amines is 1. The van der Waals surface area contributed by atoms with E-state index in [1.54, 1.807) is 12.1 Å². The van der Waals surface area contributed by atoms with Crippen molar-refractivity contribution in [2.45, 2.75) is 6.92 Å². The number of H-pyrrole nitrogens is 1. The van der Waals surface area contributed by atoms with E-state index in [2.05, 4.69) is 10.3 Å². The molecule has 2 rings (SSSR count). The molecule has 0 unspecified atom stereocenters. The Balaban J connectivity index is 2.75. The van der Waals surface area contributed by atoms with Gasteiger partial charge in [0.15, 0.2) is 11.5 Å². The zero-order chi connectivity index (χ0) is 14.9. The molecule has 7 heteroatoms. The summed E-state index contributed by atoms with van der Waals surface area (Å²) in [5.41, 5.74) is 0.648. The van der Waals surface area contributed by atoms with Gasteiger partial charge in [-0.05, 0) is 6.07 Å². The summed E-state index contributed by atoms with van der Waals surface area (Å²) in [5, 5.41) is 12.2. The standard InChI is InChI=1S/C13H14N2O5/c1-6(16)14-11-7-4-9(19-2)10(20-3)5-8(7)15-12(11)13(17)18/h4-5,15H,1-3H3,(H,14,16)(H,17,18). The van der Waals surface area contributed by atoms with Gasteiger partial charge in [-0.1, -0.05) is 0 Å². The van der Waals surface area contributed by atoms with E-state index in [1.807, 2.05) is 0 Å². The molecule has 106 valence electrons. The second-order valence-corrected chi connectivity index (χ2v) is 4.11. The highest BCUT2D eigenvalue weighted by Crippen LogP contribution is 2.37. The molecule has 0 atom stereocenters. The van der Waals surface area contributed by atoms with Gasteiger partial charge in [0, 0.05) is 18.4 Å². The van der Waals surface area contributed by atoms with E-state index in [0.29, 0.717) is 22.4 Å². The molecule has 7 nitrogen and oxygen atoms in total. The first-order valence-corrected chi connectivity index (χ1v) is 5.76. The highest BCUT2D eigenvalue weighted by molar-refractivity contribution is 6.10. The molecule has 1 aromatic carbocycles. The highest BCUT2D eigenvalue weighted by atomic mass is 16.5. The minimum Gasteiger partial charge on any atom is -0.493 e. The van der Waals surface area contributed by atoms with Crippen molar-refractivity contribution in [3.63, 3.8) is 0 Å². The van der Waals surface area contributed by atoms with Gasteiger partial charge in [0.2, 0.25) is 5.91 Å². The second-order valence-electron chi connectivity index (χ2n) is 4.11. The zero-order valence-corrected chi connectivity index (χ0v) is 11.2. The number of aromatic nitrogens is 1. The molecule has 0 bridgehead atoms. The molecule has 0 saturated heterocycles. The number of carboxylic acids is 1. The third-order valence-electron chi connectivity index (χ3n) is 2.82. The van der Waals surface area contributed by atoms with Gasteiger partial charge < -0.3 is 24.9 Å². The van der Waals surface area contributed by atoms with Crippen molar-refractivity contribution in [1.82, 2.24) is 4.98 Å².